The average Bonchev–Trinajstić information content (AvgIpc) is 2.28. The van der Waals surface area contributed by atoms with Gasteiger partial charge in [-0.05, 0) is 53.5 Å². The number of nitrogens with one attached hydrogen (secondary N) is 1. The van der Waals surface area contributed by atoms with Gasteiger partial charge in [0.05, 0.1) is 4.47 Å². The maximum absolute atomic E-state index is 12.1. The summed E-state index contributed by atoms with van der Waals surface area (Å²) < 4.78 is 46.2. The van der Waals surface area contributed by atoms with Gasteiger partial charge in [-0.25, -0.2) is 0 Å². The van der Waals surface area contributed by atoms with Gasteiger partial charge in [-0.1, -0.05) is 6.92 Å². The molecule has 0 amide bonds. The van der Waals surface area contributed by atoms with Gasteiger partial charge in [-0.3, -0.25) is 0 Å². The molecule has 0 aliphatic heterocycles. The van der Waals surface area contributed by atoms with Crippen LogP contribution >= 0.6 is 15.9 Å². The summed E-state index contributed by atoms with van der Waals surface area (Å²) in [6.45, 7) is 2.97. The van der Waals surface area contributed by atoms with Crippen molar-refractivity contribution in [3.8, 4) is 11.5 Å². The van der Waals surface area contributed by atoms with Crippen LogP contribution in [0.5, 0.6) is 11.5 Å². The maximum Gasteiger partial charge on any atom is 0.573 e. The molecule has 0 radical (unpaired) electrons. The lowest BCUT2D eigenvalue weighted by Crippen LogP contribution is -2.46. The topological polar surface area (TPSA) is 30.5 Å². The molecule has 0 unspecified atom stereocenters. The highest BCUT2D eigenvalue weighted by molar-refractivity contribution is 9.10. The molecule has 0 saturated heterocycles. The largest absolute Gasteiger partial charge is 0.573 e. The predicted octanol–water partition coefficient (Wildman–Crippen LogP) is 3.87. The van der Waals surface area contributed by atoms with E-state index in [4.69, 9.17) is 4.74 Å². The van der Waals surface area contributed by atoms with Gasteiger partial charge in [0, 0.05) is 6.04 Å². The molecule has 2 rings (SSSR count). The van der Waals surface area contributed by atoms with E-state index in [1.165, 1.54) is 18.2 Å². The summed E-state index contributed by atoms with van der Waals surface area (Å²) >= 11 is 3.05. The molecule has 1 fully saturated rings. The second-order valence-corrected chi connectivity index (χ2v) is 5.46. The second kappa shape index (κ2) is 6.22. The van der Waals surface area contributed by atoms with E-state index in [1.807, 2.05) is 6.92 Å². The Morgan fingerprint density at radius 2 is 2.05 bits per heavy atom. The Bertz CT molecular complexity index is 461. The highest BCUT2D eigenvalue weighted by Gasteiger charge is 2.32. The molecule has 0 bridgehead atoms. The van der Waals surface area contributed by atoms with E-state index >= 15 is 0 Å². The molecule has 7 heteroatoms. The third kappa shape index (κ3) is 4.28. The normalized spacial score (nSPS) is 22.2. The predicted molar refractivity (Wildman–Crippen MR) is 71.9 cm³/mol. The standard InChI is InChI=1S/C13H15BrF3NO2/c1-2-18-8-5-10(6-8)19-9-3-4-12(11(14)7-9)20-13(15,16)17/h3-4,7-8,10,18H,2,5-6H2,1H3. The summed E-state index contributed by atoms with van der Waals surface area (Å²) in [6.07, 6.45) is -2.77. The first kappa shape index (κ1) is 15.4. The van der Waals surface area contributed by atoms with E-state index in [0.717, 1.165) is 19.4 Å². The number of benzene rings is 1. The molecule has 112 valence electrons. The number of alkyl halides is 3. The van der Waals surface area contributed by atoms with Crippen LogP contribution in [0.2, 0.25) is 0 Å². The zero-order valence-corrected chi connectivity index (χ0v) is 12.4. The maximum atomic E-state index is 12.1. The van der Waals surface area contributed by atoms with Gasteiger partial charge in [0.25, 0.3) is 0 Å². The smallest absolute Gasteiger partial charge is 0.490 e. The molecule has 1 aliphatic rings. The number of hydrogen-bond donors (Lipinski definition) is 1. The van der Waals surface area contributed by atoms with Gasteiger partial charge in [0.15, 0.2) is 0 Å². The summed E-state index contributed by atoms with van der Waals surface area (Å²) in [5.41, 5.74) is 0. The van der Waals surface area contributed by atoms with Crippen molar-refractivity contribution in [3.05, 3.63) is 22.7 Å². The number of rotatable bonds is 5. The van der Waals surface area contributed by atoms with Crippen molar-refractivity contribution in [3.63, 3.8) is 0 Å². The van der Waals surface area contributed by atoms with Crippen LogP contribution in [0.3, 0.4) is 0 Å². The van der Waals surface area contributed by atoms with Crippen molar-refractivity contribution >= 4 is 15.9 Å². The van der Waals surface area contributed by atoms with Crippen LogP contribution in [-0.2, 0) is 0 Å². The third-order valence-corrected chi connectivity index (χ3v) is 3.64. The zero-order chi connectivity index (χ0) is 14.8. The molecule has 0 aromatic heterocycles. The van der Waals surface area contributed by atoms with Crippen LogP contribution in [-0.4, -0.2) is 25.1 Å². The van der Waals surface area contributed by atoms with Crippen LogP contribution in [0.15, 0.2) is 22.7 Å². The highest BCUT2D eigenvalue weighted by Crippen LogP contribution is 2.34. The SMILES string of the molecule is CCNC1CC(Oc2ccc(OC(F)(F)F)c(Br)c2)C1. The Labute approximate surface area is 123 Å². The van der Waals surface area contributed by atoms with Crippen molar-refractivity contribution in [2.45, 2.75) is 38.3 Å². The van der Waals surface area contributed by atoms with E-state index in [1.54, 1.807) is 0 Å². The number of hydrogen-bond acceptors (Lipinski definition) is 3. The summed E-state index contributed by atoms with van der Waals surface area (Å²) in [6, 6.07) is 4.68. The van der Waals surface area contributed by atoms with Gasteiger partial charge in [0.2, 0.25) is 0 Å². The van der Waals surface area contributed by atoms with Gasteiger partial charge < -0.3 is 14.8 Å². The summed E-state index contributed by atoms with van der Waals surface area (Å²) in [4.78, 5) is 0. The molecule has 0 heterocycles. The second-order valence-electron chi connectivity index (χ2n) is 4.61. The zero-order valence-electron chi connectivity index (χ0n) is 10.8. The van der Waals surface area contributed by atoms with E-state index in [-0.39, 0.29) is 16.3 Å². The fourth-order valence-electron chi connectivity index (χ4n) is 2.07. The lowest BCUT2D eigenvalue weighted by Gasteiger charge is -2.35. The first-order valence-electron chi connectivity index (χ1n) is 6.32. The summed E-state index contributed by atoms with van der Waals surface area (Å²) in [5.74, 6) is 0.260. The van der Waals surface area contributed by atoms with Crippen molar-refractivity contribution in [1.29, 1.82) is 0 Å². The van der Waals surface area contributed by atoms with E-state index in [2.05, 4.69) is 26.0 Å². The number of halogens is 4. The van der Waals surface area contributed by atoms with Crippen LogP contribution in [0.4, 0.5) is 13.2 Å². The third-order valence-electron chi connectivity index (χ3n) is 3.02. The van der Waals surface area contributed by atoms with Crippen LogP contribution in [0.1, 0.15) is 19.8 Å². The molecule has 20 heavy (non-hydrogen) atoms. The van der Waals surface area contributed by atoms with Gasteiger partial charge in [-0.2, -0.15) is 0 Å². The quantitative estimate of drug-likeness (QED) is 0.871. The highest BCUT2D eigenvalue weighted by atomic mass is 79.9. The molecular weight excluding hydrogens is 339 g/mol. The minimum Gasteiger partial charge on any atom is -0.490 e. The molecular formula is C13H15BrF3NO2. The van der Waals surface area contributed by atoms with Crippen molar-refractivity contribution in [2.24, 2.45) is 0 Å². The Morgan fingerprint density at radius 3 is 2.60 bits per heavy atom. The van der Waals surface area contributed by atoms with Crippen molar-refractivity contribution < 1.29 is 22.6 Å². The van der Waals surface area contributed by atoms with Gasteiger partial charge >= 0.3 is 6.36 Å². The molecule has 1 aliphatic carbocycles. The minimum atomic E-state index is -4.70. The van der Waals surface area contributed by atoms with E-state index in [9.17, 15) is 13.2 Å². The molecule has 1 aromatic carbocycles. The monoisotopic (exact) mass is 353 g/mol. The summed E-state index contributed by atoms with van der Waals surface area (Å²) in [7, 11) is 0. The van der Waals surface area contributed by atoms with Crippen LogP contribution in [0.25, 0.3) is 0 Å². The first-order chi connectivity index (χ1) is 9.37. The van der Waals surface area contributed by atoms with Crippen molar-refractivity contribution in [2.75, 3.05) is 6.54 Å². The Morgan fingerprint density at radius 1 is 1.35 bits per heavy atom. The average molecular weight is 354 g/mol. The minimum absolute atomic E-state index is 0.111. The Balaban J connectivity index is 1.90. The lowest BCUT2D eigenvalue weighted by molar-refractivity contribution is -0.274. The van der Waals surface area contributed by atoms with Gasteiger partial charge in [-0.15, -0.1) is 13.2 Å². The van der Waals surface area contributed by atoms with E-state index in [0.29, 0.717) is 11.8 Å². The molecule has 0 spiro atoms. The fourth-order valence-corrected chi connectivity index (χ4v) is 2.51. The Hall–Kier alpha value is -0.950. The van der Waals surface area contributed by atoms with Crippen LogP contribution < -0.4 is 14.8 Å². The summed E-state index contributed by atoms with van der Waals surface area (Å²) in [5, 5.41) is 3.31. The molecule has 1 aromatic rings. The van der Waals surface area contributed by atoms with Crippen LogP contribution in [0, 0.1) is 0 Å². The molecule has 3 nitrogen and oxygen atoms in total. The molecule has 0 atom stereocenters. The number of ether oxygens (including phenoxy) is 2. The lowest BCUT2D eigenvalue weighted by atomic mass is 9.89. The van der Waals surface area contributed by atoms with Crippen molar-refractivity contribution in [1.82, 2.24) is 5.32 Å². The fraction of sp³-hybridized carbons (Fsp3) is 0.538. The Kier molecular flexibility index (Phi) is 4.80. The first-order valence-corrected chi connectivity index (χ1v) is 7.12. The molecule has 1 N–H and O–H groups in total. The van der Waals surface area contributed by atoms with E-state index < -0.39 is 6.36 Å². The van der Waals surface area contributed by atoms with Gasteiger partial charge in [0.1, 0.15) is 17.6 Å². The molecule has 1 saturated carbocycles.